The maximum atomic E-state index is 13.2. The minimum absolute atomic E-state index is 0.00366. The normalized spacial score (nSPS) is 24.4. The number of phenols is 2. The van der Waals surface area contributed by atoms with E-state index in [1.807, 2.05) is 41.7 Å². The first kappa shape index (κ1) is 32.1. The molecule has 3 aliphatic heterocycles. The first-order chi connectivity index (χ1) is 20.8. The van der Waals surface area contributed by atoms with Crippen LogP contribution in [-0.2, 0) is 17.6 Å². The summed E-state index contributed by atoms with van der Waals surface area (Å²) in [6.07, 6.45) is 0.883. The van der Waals surface area contributed by atoms with Gasteiger partial charge in [0.15, 0.2) is 28.1 Å². The number of hydrogen-bond donors (Lipinski definition) is 2. The van der Waals surface area contributed by atoms with Gasteiger partial charge < -0.3 is 29.2 Å². The number of piperazine rings is 1. The van der Waals surface area contributed by atoms with Crippen LogP contribution in [0.25, 0.3) is 0 Å². The molecule has 0 saturated carbocycles. The number of methoxy groups -OCH3 is 4. The Morgan fingerprint density at radius 3 is 1.84 bits per heavy atom. The smallest absolute Gasteiger partial charge is 0.194 e. The average molecular weight is 626 g/mol. The molecule has 1 saturated heterocycles. The molecular weight excluding hydrogens is 582 g/mol. The highest BCUT2D eigenvalue weighted by molar-refractivity contribution is 8.13. The molecule has 3 heterocycles. The molecule has 0 unspecified atom stereocenters. The number of phenolic OH excluding ortho intramolecular Hbond substituents is 2. The standard InChI is InChI=1S/C33H43N3O7S/c1-15-28(40-7)17-12-20-25-24-18(29(41-8)16(2)31(43-10)27(24)38)11-19(35(25)6)21(13-34)36(20)22(14-44-32(39)33(3,4)5)23(17)26(37)30(15)42-9/h19-22,25,37-38H,11-12,14H2,1-10H3/t19-,20-,21-,22-,25-/m0/s1. The van der Waals surface area contributed by atoms with Crippen LogP contribution in [0.5, 0.6) is 34.5 Å². The van der Waals surface area contributed by atoms with E-state index in [0.717, 1.165) is 11.1 Å². The Morgan fingerprint density at radius 2 is 1.36 bits per heavy atom. The highest BCUT2D eigenvalue weighted by atomic mass is 32.2. The molecule has 5 atom stereocenters. The van der Waals surface area contributed by atoms with Gasteiger partial charge in [0.05, 0.1) is 46.6 Å². The predicted octanol–water partition coefficient (Wildman–Crippen LogP) is 4.83. The van der Waals surface area contributed by atoms with Crippen molar-refractivity contribution >= 4 is 16.9 Å². The third kappa shape index (κ3) is 4.56. The number of nitrogens with zero attached hydrogens (tertiary/aromatic N) is 3. The minimum atomic E-state index is -0.593. The lowest BCUT2D eigenvalue weighted by Gasteiger charge is -2.60. The largest absolute Gasteiger partial charge is 0.504 e. The number of rotatable bonds is 6. The van der Waals surface area contributed by atoms with Gasteiger partial charge in [0, 0.05) is 56.6 Å². The zero-order chi connectivity index (χ0) is 32.4. The summed E-state index contributed by atoms with van der Waals surface area (Å²) in [5.74, 6) is 2.29. The first-order valence-electron chi connectivity index (χ1n) is 14.8. The molecular formula is C33H43N3O7S. The molecule has 0 amide bonds. The number of likely N-dealkylation sites (N-methyl/N-ethyl adjacent to an activating group) is 1. The predicted molar refractivity (Wildman–Crippen MR) is 168 cm³/mol. The molecule has 238 valence electrons. The van der Waals surface area contributed by atoms with Crippen molar-refractivity contribution in [3.63, 3.8) is 0 Å². The quantitative estimate of drug-likeness (QED) is 0.459. The Bertz CT molecular complexity index is 1550. The van der Waals surface area contributed by atoms with Crippen molar-refractivity contribution in [3.05, 3.63) is 33.4 Å². The van der Waals surface area contributed by atoms with Gasteiger partial charge in [-0.3, -0.25) is 14.6 Å². The Morgan fingerprint density at radius 1 is 0.886 bits per heavy atom. The number of thioether (sulfide) groups is 1. The van der Waals surface area contributed by atoms with Gasteiger partial charge in [-0.05, 0) is 33.7 Å². The van der Waals surface area contributed by atoms with Gasteiger partial charge in [-0.15, -0.1) is 0 Å². The van der Waals surface area contributed by atoms with E-state index in [1.54, 1.807) is 14.2 Å². The molecule has 0 spiro atoms. The Kier molecular flexibility index (Phi) is 8.42. The van der Waals surface area contributed by atoms with Crippen molar-refractivity contribution in [2.75, 3.05) is 41.2 Å². The summed E-state index contributed by atoms with van der Waals surface area (Å²) < 4.78 is 23.2. The van der Waals surface area contributed by atoms with Gasteiger partial charge in [0.1, 0.15) is 17.5 Å². The van der Waals surface area contributed by atoms with Crippen LogP contribution < -0.4 is 18.9 Å². The minimum Gasteiger partial charge on any atom is -0.504 e. The lowest BCUT2D eigenvalue weighted by atomic mass is 9.71. The number of hydrogen-bond acceptors (Lipinski definition) is 11. The third-order valence-corrected chi connectivity index (χ3v) is 11.0. The van der Waals surface area contributed by atoms with E-state index in [1.165, 1.54) is 26.0 Å². The van der Waals surface area contributed by atoms with E-state index < -0.39 is 17.5 Å². The van der Waals surface area contributed by atoms with Gasteiger partial charge in [-0.2, -0.15) is 5.26 Å². The SMILES string of the molecule is COc1c(C)c(OC)c2c(c1O)[C@@H]1[C@@H]3Cc4c(OC)c(C)c(OC)c(O)c4[C@H](CSC(=O)C(C)(C)C)N3[C@@H](C#N)[C@H](C2)N1C. The van der Waals surface area contributed by atoms with Crippen LogP contribution >= 0.6 is 11.8 Å². The summed E-state index contributed by atoms with van der Waals surface area (Å²) in [6.45, 7) is 9.35. The number of fused-ring (bicyclic) bond motifs is 7. The molecule has 44 heavy (non-hydrogen) atoms. The number of nitriles is 1. The van der Waals surface area contributed by atoms with E-state index in [4.69, 9.17) is 18.9 Å². The number of carbonyl (C=O) groups excluding carboxylic acids is 1. The van der Waals surface area contributed by atoms with Crippen LogP contribution in [0.15, 0.2) is 0 Å². The lowest BCUT2D eigenvalue weighted by molar-refractivity contribution is -0.117. The summed E-state index contributed by atoms with van der Waals surface area (Å²) >= 11 is 1.21. The van der Waals surface area contributed by atoms with E-state index >= 15 is 0 Å². The lowest BCUT2D eigenvalue weighted by Crippen LogP contribution is -2.68. The molecule has 5 rings (SSSR count). The fourth-order valence-electron chi connectivity index (χ4n) is 7.75. The van der Waals surface area contributed by atoms with Crippen LogP contribution in [0.3, 0.4) is 0 Å². The van der Waals surface area contributed by atoms with Crippen molar-refractivity contribution in [2.45, 2.75) is 77.7 Å². The Balaban J connectivity index is 1.80. The molecule has 0 aliphatic carbocycles. The Labute approximate surface area is 263 Å². The zero-order valence-electron chi connectivity index (χ0n) is 27.2. The molecule has 3 aliphatic rings. The van der Waals surface area contributed by atoms with Gasteiger partial charge >= 0.3 is 0 Å². The van der Waals surface area contributed by atoms with Crippen molar-refractivity contribution in [1.82, 2.24) is 9.80 Å². The number of aromatic hydroxyl groups is 2. The molecule has 2 aromatic carbocycles. The molecule has 11 heteroatoms. The monoisotopic (exact) mass is 625 g/mol. The van der Waals surface area contributed by atoms with Gasteiger partial charge in [0.2, 0.25) is 0 Å². The van der Waals surface area contributed by atoms with Crippen molar-refractivity contribution in [3.8, 4) is 40.6 Å². The fraction of sp³-hybridized carbons (Fsp3) is 0.576. The molecule has 0 aromatic heterocycles. The molecule has 2 N–H and O–H groups in total. The van der Waals surface area contributed by atoms with Gasteiger partial charge in [0.25, 0.3) is 0 Å². The van der Waals surface area contributed by atoms with E-state index in [0.29, 0.717) is 63.8 Å². The average Bonchev–Trinajstić information content (AvgIpc) is 2.96. The molecule has 2 bridgehead atoms. The van der Waals surface area contributed by atoms with Gasteiger partial charge in [-0.1, -0.05) is 32.5 Å². The van der Waals surface area contributed by atoms with Crippen LogP contribution in [0.2, 0.25) is 0 Å². The number of benzene rings is 2. The van der Waals surface area contributed by atoms with Gasteiger partial charge in [-0.25, -0.2) is 0 Å². The first-order valence-corrected chi connectivity index (χ1v) is 15.8. The third-order valence-electron chi connectivity index (χ3n) is 9.64. The second-order valence-corrected chi connectivity index (χ2v) is 13.9. The van der Waals surface area contributed by atoms with Crippen molar-refractivity contribution < 1.29 is 34.0 Å². The second kappa shape index (κ2) is 11.5. The summed E-state index contributed by atoms with van der Waals surface area (Å²) in [4.78, 5) is 17.6. The summed E-state index contributed by atoms with van der Waals surface area (Å²) in [6, 6.07) is 0.543. The molecule has 1 fully saturated rings. The summed E-state index contributed by atoms with van der Waals surface area (Å²) in [5, 5.41) is 34.3. The topological polar surface area (TPSA) is 125 Å². The molecule has 2 aromatic rings. The number of ether oxygens (including phenoxy) is 4. The van der Waals surface area contributed by atoms with E-state index in [-0.39, 0.29) is 34.7 Å². The van der Waals surface area contributed by atoms with Crippen molar-refractivity contribution in [2.24, 2.45) is 5.41 Å². The Hall–Kier alpha value is -3.33. The maximum Gasteiger partial charge on any atom is 0.194 e. The van der Waals surface area contributed by atoms with Crippen LogP contribution in [0, 0.1) is 30.6 Å². The maximum absolute atomic E-state index is 13.2. The summed E-state index contributed by atoms with van der Waals surface area (Å²) in [5.41, 5.74) is 3.80. The molecule has 0 radical (unpaired) electrons. The second-order valence-electron chi connectivity index (χ2n) is 12.9. The summed E-state index contributed by atoms with van der Waals surface area (Å²) in [7, 11) is 8.24. The van der Waals surface area contributed by atoms with Crippen LogP contribution in [0.1, 0.15) is 66.2 Å². The highest BCUT2D eigenvalue weighted by Gasteiger charge is 2.57. The zero-order valence-corrected chi connectivity index (χ0v) is 28.0. The van der Waals surface area contributed by atoms with Crippen LogP contribution in [0.4, 0.5) is 0 Å². The van der Waals surface area contributed by atoms with E-state index in [9.17, 15) is 20.3 Å². The van der Waals surface area contributed by atoms with E-state index in [2.05, 4.69) is 15.9 Å². The van der Waals surface area contributed by atoms with Crippen molar-refractivity contribution in [1.29, 1.82) is 5.26 Å². The highest BCUT2D eigenvalue weighted by Crippen LogP contribution is 2.59. The fourth-order valence-corrected chi connectivity index (χ4v) is 8.83. The van der Waals surface area contributed by atoms with Crippen LogP contribution in [-0.4, -0.2) is 84.5 Å². The molecule has 10 nitrogen and oxygen atoms in total. The number of carbonyl (C=O) groups is 1.